The fourth-order valence-electron chi connectivity index (χ4n) is 6.76. The number of carbonyl (C=O) groups excluding carboxylic acids is 2. The first kappa shape index (κ1) is 18.1. The third kappa shape index (κ3) is 2.08. The number of carbonyl (C=O) groups is 2. The van der Waals surface area contributed by atoms with Gasteiger partial charge in [-0.25, -0.2) is 0 Å². The minimum absolute atomic E-state index is 0.00895. The second-order valence-electron chi connectivity index (χ2n) is 9.20. The van der Waals surface area contributed by atoms with Crippen molar-refractivity contribution >= 4 is 11.6 Å². The number of hydrogen-bond acceptors (Lipinski definition) is 5. The molecule has 0 amide bonds. The summed E-state index contributed by atoms with van der Waals surface area (Å²) in [4.78, 5) is 25.1. The third-order valence-electron chi connectivity index (χ3n) is 8.20. The summed E-state index contributed by atoms with van der Waals surface area (Å²) in [6.07, 6.45) is 6.91. The minimum atomic E-state index is -1.43. The second kappa shape index (κ2) is 5.60. The van der Waals surface area contributed by atoms with Gasteiger partial charge in [-0.2, -0.15) is 0 Å². The Kier molecular flexibility index (Phi) is 3.89. The number of aliphatic hydroxyl groups is 3. The normalized spacial score (nSPS) is 48.5. The Morgan fingerprint density at radius 2 is 2.00 bits per heavy atom. The van der Waals surface area contributed by atoms with Gasteiger partial charge in [0.2, 0.25) is 0 Å². The predicted molar refractivity (Wildman–Crippen MR) is 95.0 cm³/mol. The number of hydrogen-bond donors (Lipinski definition) is 3. The van der Waals surface area contributed by atoms with Gasteiger partial charge < -0.3 is 15.3 Å². The molecule has 5 nitrogen and oxygen atoms in total. The van der Waals surface area contributed by atoms with Crippen molar-refractivity contribution in [2.24, 2.45) is 28.6 Å². The van der Waals surface area contributed by atoms with Crippen LogP contribution in [0.25, 0.3) is 0 Å². The van der Waals surface area contributed by atoms with E-state index in [1.165, 1.54) is 0 Å². The van der Waals surface area contributed by atoms with Crippen LogP contribution in [0.1, 0.15) is 46.0 Å². The molecule has 4 aliphatic rings. The summed E-state index contributed by atoms with van der Waals surface area (Å²) in [5, 5.41) is 31.0. The lowest BCUT2D eigenvalue weighted by Gasteiger charge is -2.57. The van der Waals surface area contributed by atoms with Gasteiger partial charge in [0.1, 0.15) is 11.9 Å². The summed E-state index contributed by atoms with van der Waals surface area (Å²) in [5.41, 5.74) is -1.53. The van der Waals surface area contributed by atoms with Gasteiger partial charge in [-0.05, 0) is 49.7 Å². The quantitative estimate of drug-likeness (QED) is 0.695. The van der Waals surface area contributed by atoms with Crippen molar-refractivity contribution in [2.75, 3.05) is 6.61 Å². The standard InChI is InChI=1S/C21H28O5/c1-19-7-5-13(23)9-12(19)3-4-14-15-6-8-21(26,17(25)11-22)20(15,2)10-16(24)18(14)19/h5,7,9,14-15,17-18,22,25-26H,3-4,6,8,10-11H2,1-2H3. The maximum absolute atomic E-state index is 13.3. The summed E-state index contributed by atoms with van der Waals surface area (Å²) in [6.45, 7) is 3.46. The maximum Gasteiger partial charge on any atom is 0.178 e. The van der Waals surface area contributed by atoms with Crippen molar-refractivity contribution in [3.63, 3.8) is 0 Å². The van der Waals surface area contributed by atoms with Crippen molar-refractivity contribution < 1.29 is 24.9 Å². The van der Waals surface area contributed by atoms with Crippen molar-refractivity contribution in [3.05, 3.63) is 23.8 Å². The van der Waals surface area contributed by atoms with Gasteiger partial charge in [-0.1, -0.05) is 25.5 Å². The van der Waals surface area contributed by atoms with Crippen molar-refractivity contribution in [3.8, 4) is 0 Å². The lowest BCUT2D eigenvalue weighted by Crippen LogP contribution is -2.61. The molecule has 3 N–H and O–H groups in total. The number of rotatable bonds is 2. The van der Waals surface area contributed by atoms with Crippen molar-refractivity contribution in [2.45, 2.75) is 57.7 Å². The summed E-state index contributed by atoms with van der Waals surface area (Å²) in [7, 11) is 0. The number of aliphatic hydroxyl groups excluding tert-OH is 2. The Labute approximate surface area is 153 Å². The van der Waals surface area contributed by atoms with Gasteiger partial charge in [0.25, 0.3) is 0 Å². The van der Waals surface area contributed by atoms with Crippen LogP contribution in [0.3, 0.4) is 0 Å². The van der Waals surface area contributed by atoms with E-state index in [1.54, 1.807) is 12.2 Å². The molecule has 4 rings (SSSR count). The zero-order chi connectivity index (χ0) is 18.9. The molecule has 0 bridgehead atoms. The minimum Gasteiger partial charge on any atom is -0.394 e. The van der Waals surface area contributed by atoms with E-state index < -0.39 is 29.1 Å². The molecular formula is C21H28O5. The molecule has 142 valence electrons. The van der Waals surface area contributed by atoms with Crippen LogP contribution in [0, 0.1) is 28.6 Å². The van der Waals surface area contributed by atoms with Crippen molar-refractivity contribution in [1.82, 2.24) is 0 Å². The first-order valence-electron chi connectivity index (χ1n) is 9.65. The highest BCUT2D eigenvalue weighted by Crippen LogP contribution is 2.66. The molecule has 7 atom stereocenters. The average Bonchev–Trinajstić information content (AvgIpc) is 2.86. The van der Waals surface area contributed by atoms with Crippen LogP contribution in [-0.2, 0) is 9.59 Å². The molecular weight excluding hydrogens is 332 g/mol. The molecule has 7 unspecified atom stereocenters. The highest BCUT2D eigenvalue weighted by Gasteiger charge is 2.67. The van der Waals surface area contributed by atoms with E-state index >= 15 is 0 Å². The monoisotopic (exact) mass is 360 g/mol. The molecule has 5 heteroatoms. The van der Waals surface area contributed by atoms with Crippen LogP contribution in [-0.4, -0.2) is 45.2 Å². The molecule has 26 heavy (non-hydrogen) atoms. The van der Waals surface area contributed by atoms with Crippen LogP contribution in [0.2, 0.25) is 0 Å². The second-order valence-corrected chi connectivity index (χ2v) is 9.20. The molecule has 0 heterocycles. The molecule has 0 aromatic heterocycles. The number of ketones is 2. The van der Waals surface area contributed by atoms with Crippen LogP contribution in [0.4, 0.5) is 0 Å². The first-order valence-corrected chi connectivity index (χ1v) is 9.65. The molecule has 0 radical (unpaired) electrons. The predicted octanol–water partition coefficient (Wildman–Crippen LogP) is 1.56. The fourth-order valence-corrected chi connectivity index (χ4v) is 6.76. The summed E-state index contributed by atoms with van der Waals surface area (Å²) < 4.78 is 0. The van der Waals surface area contributed by atoms with Crippen molar-refractivity contribution in [1.29, 1.82) is 0 Å². The zero-order valence-electron chi connectivity index (χ0n) is 15.4. The molecule has 0 aliphatic heterocycles. The number of fused-ring (bicyclic) bond motifs is 5. The van der Waals surface area contributed by atoms with Gasteiger partial charge in [0.05, 0.1) is 12.2 Å². The Morgan fingerprint density at radius 3 is 2.69 bits per heavy atom. The van der Waals surface area contributed by atoms with E-state index in [0.29, 0.717) is 6.42 Å². The number of allylic oxidation sites excluding steroid dienone is 4. The van der Waals surface area contributed by atoms with Crippen LogP contribution < -0.4 is 0 Å². The molecule has 0 spiro atoms. The molecule has 3 fully saturated rings. The van der Waals surface area contributed by atoms with Crippen LogP contribution in [0.15, 0.2) is 23.8 Å². The van der Waals surface area contributed by atoms with E-state index in [-0.39, 0.29) is 35.7 Å². The topological polar surface area (TPSA) is 94.8 Å². The van der Waals surface area contributed by atoms with E-state index in [2.05, 4.69) is 6.92 Å². The SMILES string of the molecule is CC12C=CC(=O)C=C1CCC1C2C(=O)CC2(C)C1CCC2(O)C(O)CO. The third-order valence-corrected chi connectivity index (χ3v) is 8.20. The smallest absolute Gasteiger partial charge is 0.178 e. The molecule has 0 saturated heterocycles. The van der Waals surface area contributed by atoms with E-state index in [4.69, 9.17) is 0 Å². The van der Waals surface area contributed by atoms with Crippen LogP contribution >= 0.6 is 0 Å². The van der Waals surface area contributed by atoms with Gasteiger partial charge in [-0.3, -0.25) is 9.59 Å². The van der Waals surface area contributed by atoms with Gasteiger partial charge in [0, 0.05) is 23.2 Å². The summed E-state index contributed by atoms with van der Waals surface area (Å²) in [6, 6.07) is 0. The molecule has 3 saturated carbocycles. The largest absolute Gasteiger partial charge is 0.394 e. The van der Waals surface area contributed by atoms with E-state index in [0.717, 1.165) is 24.8 Å². The Morgan fingerprint density at radius 1 is 1.27 bits per heavy atom. The van der Waals surface area contributed by atoms with Crippen LogP contribution in [0.5, 0.6) is 0 Å². The average molecular weight is 360 g/mol. The summed E-state index contributed by atoms with van der Waals surface area (Å²) in [5.74, 6) is 0.164. The molecule has 0 aromatic carbocycles. The molecule has 4 aliphatic carbocycles. The Bertz CT molecular complexity index is 724. The van der Waals surface area contributed by atoms with Gasteiger partial charge in [-0.15, -0.1) is 0 Å². The lowest BCUT2D eigenvalue weighted by molar-refractivity contribution is -0.186. The molecule has 0 aromatic rings. The summed E-state index contributed by atoms with van der Waals surface area (Å²) >= 11 is 0. The van der Waals surface area contributed by atoms with E-state index in [9.17, 15) is 24.9 Å². The number of Topliss-reactive ketones (excluding diaryl/α,β-unsaturated/α-hetero) is 1. The highest BCUT2D eigenvalue weighted by atomic mass is 16.4. The fraction of sp³-hybridized carbons (Fsp3) is 0.714. The zero-order valence-corrected chi connectivity index (χ0v) is 15.4. The Hall–Kier alpha value is -1.30. The first-order chi connectivity index (χ1) is 12.2. The maximum atomic E-state index is 13.3. The highest BCUT2D eigenvalue weighted by molar-refractivity contribution is 6.01. The lowest BCUT2D eigenvalue weighted by atomic mass is 9.46. The van der Waals surface area contributed by atoms with E-state index in [1.807, 2.05) is 13.0 Å². The van der Waals surface area contributed by atoms with Gasteiger partial charge >= 0.3 is 0 Å². The Balaban J connectivity index is 1.75. The van der Waals surface area contributed by atoms with Gasteiger partial charge in [0.15, 0.2) is 5.78 Å².